The number of hydrogen-bond donors (Lipinski definition) is 2. The second-order valence-corrected chi connectivity index (χ2v) is 6.85. The molecule has 0 spiro atoms. The van der Waals surface area contributed by atoms with Gasteiger partial charge in [0.05, 0.1) is 12.5 Å². The molecule has 0 radical (unpaired) electrons. The molecular weight excluding hydrogens is 372 g/mol. The van der Waals surface area contributed by atoms with Gasteiger partial charge in [-0.2, -0.15) is 0 Å². The van der Waals surface area contributed by atoms with Crippen molar-refractivity contribution in [3.63, 3.8) is 0 Å². The molecule has 5 heteroatoms. The predicted molar refractivity (Wildman–Crippen MR) is 111 cm³/mol. The zero-order valence-electron chi connectivity index (χ0n) is 15.3. The molecule has 0 aliphatic rings. The van der Waals surface area contributed by atoms with E-state index in [-0.39, 0.29) is 18.2 Å². The van der Waals surface area contributed by atoms with Crippen LogP contribution in [0.5, 0.6) is 0 Å². The van der Waals surface area contributed by atoms with E-state index < -0.39 is 6.04 Å². The van der Waals surface area contributed by atoms with Gasteiger partial charge in [-0.3, -0.25) is 9.59 Å². The molecule has 28 heavy (non-hydrogen) atoms. The highest BCUT2D eigenvalue weighted by molar-refractivity contribution is 6.30. The number of nitrogens with one attached hydrogen (secondary N) is 2. The van der Waals surface area contributed by atoms with E-state index in [1.165, 1.54) is 0 Å². The second-order valence-electron chi connectivity index (χ2n) is 6.41. The Morgan fingerprint density at radius 1 is 0.821 bits per heavy atom. The largest absolute Gasteiger partial charge is 0.352 e. The van der Waals surface area contributed by atoms with Crippen LogP contribution in [0.3, 0.4) is 0 Å². The molecule has 0 aromatic heterocycles. The Kier molecular flexibility index (Phi) is 6.82. The summed E-state index contributed by atoms with van der Waals surface area (Å²) in [5.41, 5.74) is 2.40. The third kappa shape index (κ3) is 5.69. The van der Waals surface area contributed by atoms with E-state index >= 15 is 0 Å². The lowest BCUT2D eigenvalue weighted by Gasteiger charge is -2.19. The number of amides is 2. The van der Waals surface area contributed by atoms with Crippen molar-refractivity contribution in [2.45, 2.75) is 19.0 Å². The first kappa shape index (κ1) is 19.6. The lowest BCUT2D eigenvalue weighted by Crippen LogP contribution is -2.33. The van der Waals surface area contributed by atoms with E-state index in [0.29, 0.717) is 17.1 Å². The minimum Gasteiger partial charge on any atom is -0.352 e. The fraction of sp³-hybridized carbons (Fsp3) is 0.130. The van der Waals surface area contributed by atoms with Crippen LogP contribution in [0.2, 0.25) is 5.02 Å². The Morgan fingerprint density at radius 2 is 1.43 bits per heavy atom. The summed E-state index contributed by atoms with van der Waals surface area (Å²) in [7, 11) is 0. The fourth-order valence-electron chi connectivity index (χ4n) is 2.83. The van der Waals surface area contributed by atoms with Crippen molar-refractivity contribution in [3.05, 3.63) is 107 Å². The molecule has 0 saturated carbocycles. The summed E-state index contributed by atoms with van der Waals surface area (Å²) in [6.07, 6.45) is 0.149. The molecule has 0 bridgehead atoms. The first-order chi connectivity index (χ1) is 13.6. The molecule has 0 aliphatic carbocycles. The fourth-order valence-corrected chi connectivity index (χ4v) is 2.96. The third-order valence-electron chi connectivity index (χ3n) is 4.34. The van der Waals surface area contributed by atoms with E-state index in [0.717, 1.165) is 11.1 Å². The number of benzene rings is 3. The number of carbonyl (C=O) groups is 2. The maximum atomic E-state index is 12.6. The molecule has 2 amide bonds. The molecule has 3 rings (SSSR count). The summed E-state index contributed by atoms with van der Waals surface area (Å²) in [5.74, 6) is -0.350. The molecule has 142 valence electrons. The van der Waals surface area contributed by atoms with Gasteiger partial charge in [0.25, 0.3) is 5.91 Å². The molecule has 2 N–H and O–H groups in total. The molecule has 0 aliphatic heterocycles. The average Bonchev–Trinajstić information content (AvgIpc) is 2.74. The summed E-state index contributed by atoms with van der Waals surface area (Å²) < 4.78 is 0. The van der Waals surface area contributed by atoms with Gasteiger partial charge in [-0.05, 0) is 35.4 Å². The van der Waals surface area contributed by atoms with Crippen LogP contribution < -0.4 is 10.6 Å². The maximum Gasteiger partial charge on any atom is 0.251 e. The highest BCUT2D eigenvalue weighted by atomic mass is 35.5. The average molecular weight is 393 g/mol. The Labute approximate surface area is 169 Å². The van der Waals surface area contributed by atoms with Crippen molar-refractivity contribution < 1.29 is 9.59 Å². The van der Waals surface area contributed by atoms with Crippen LogP contribution in [-0.2, 0) is 11.3 Å². The molecule has 0 unspecified atom stereocenters. The van der Waals surface area contributed by atoms with Crippen molar-refractivity contribution in [1.29, 1.82) is 0 Å². The monoisotopic (exact) mass is 392 g/mol. The van der Waals surface area contributed by atoms with Crippen molar-refractivity contribution in [3.8, 4) is 0 Å². The van der Waals surface area contributed by atoms with Gasteiger partial charge in [0.15, 0.2) is 0 Å². The van der Waals surface area contributed by atoms with E-state index in [1.807, 2.05) is 60.7 Å². The normalized spacial score (nSPS) is 11.5. The van der Waals surface area contributed by atoms with Crippen LogP contribution >= 0.6 is 11.6 Å². The van der Waals surface area contributed by atoms with E-state index in [1.54, 1.807) is 24.3 Å². The smallest absolute Gasteiger partial charge is 0.251 e. The van der Waals surface area contributed by atoms with Crippen LogP contribution in [0.4, 0.5) is 0 Å². The Hall–Kier alpha value is -3.11. The SMILES string of the molecule is O=C(C[C@H](NC(=O)c1ccccc1)c1ccccc1)NCc1ccc(Cl)cc1. The molecule has 4 nitrogen and oxygen atoms in total. The molecule has 1 atom stereocenters. The standard InChI is InChI=1S/C23H21ClN2O2/c24-20-13-11-17(12-14-20)16-25-22(27)15-21(18-7-3-1-4-8-18)26-23(28)19-9-5-2-6-10-19/h1-14,21H,15-16H2,(H,25,27)(H,26,28)/t21-/m0/s1. The summed E-state index contributed by atoms with van der Waals surface area (Å²) >= 11 is 5.88. The third-order valence-corrected chi connectivity index (χ3v) is 4.59. The van der Waals surface area contributed by atoms with Gasteiger partial charge in [-0.1, -0.05) is 72.3 Å². The predicted octanol–water partition coefficient (Wildman–Crippen LogP) is 4.52. The minimum atomic E-state index is -0.417. The van der Waals surface area contributed by atoms with Crippen LogP contribution in [0.1, 0.15) is 33.9 Å². The van der Waals surface area contributed by atoms with E-state index in [2.05, 4.69) is 10.6 Å². The topological polar surface area (TPSA) is 58.2 Å². The van der Waals surface area contributed by atoms with Gasteiger partial charge >= 0.3 is 0 Å². The summed E-state index contributed by atoms with van der Waals surface area (Å²) in [6, 6.07) is 25.4. The van der Waals surface area contributed by atoms with Gasteiger partial charge in [-0.15, -0.1) is 0 Å². The van der Waals surface area contributed by atoms with Crippen LogP contribution in [0, 0.1) is 0 Å². The second kappa shape index (κ2) is 9.72. The highest BCUT2D eigenvalue weighted by Crippen LogP contribution is 2.18. The van der Waals surface area contributed by atoms with Crippen LogP contribution in [-0.4, -0.2) is 11.8 Å². The van der Waals surface area contributed by atoms with E-state index in [9.17, 15) is 9.59 Å². The highest BCUT2D eigenvalue weighted by Gasteiger charge is 2.19. The Bertz CT molecular complexity index is 912. The lowest BCUT2D eigenvalue weighted by atomic mass is 10.0. The lowest BCUT2D eigenvalue weighted by molar-refractivity contribution is -0.121. The molecule has 0 saturated heterocycles. The van der Waals surface area contributed by atoms with Gasteiger partial charge in [0, 0.05) is 17.1 Å². The van der Waals surface area contributed by atoms with Gasteiger partial charge in [0.2, 0.25) is 5.91 Å². The van der Waals surface area contributed by atoms with Crippen molar-refractivity contribution in [1.82, 2.24) is 10.6 Å². The summed E-state index contributed by atoms with van der Waals surface area (Å²) in [4.78, 5) is 25.1. The first-order valence-electron chi connectivity index (χ1n) is 9.04. The molecule has 0 heterocycles. The number of halogens is 1. The number of carbonyl (C=O) groups excluding carboxylic acids is 2. The zero-order chi connectivity index (χ0) is 19.8. The van der Waals surface area contributed by atoms with Gasteiger partial charge < -0.3 is 10.6 Å². The summed E-state index contributed by atoms with van der Waals surface area (Å²) in [5, 5.41) is 6.52. The van der Waals surface area contributed by atoms with Crippen LogP contribution in [0.15, 0.2) is 84.9 Å². The van der Waals surface area contributed by atoms with Crippen LogP contribution in [0.25, 0.3) is 0 Å². The van der Waals surface area contributed by atoms with Crippen molar-refractivity contribution in [2.75, 3.05) is 0 Å². The van der Waals surface area contributed by atoms with E-state index in [4.69, 9.17) is 11.6 Å². The molecule has 3 aromatic carbocycles. The maximum absolute atomic E-state index is 12.6. The zero-order valence-corrected chi connectivity index (χ0v) is 16.0. The molecule has 3 aromatic rings. The number of hydrogen-bond acceptors (Lipinski definition) is 2. The van der Waals surface area contributed by atoms with Gasteiger partial charge in [-0.25, -0.2) is 0 Å². The van der Waals surface area contributed by atoms with Crippen molar-refractivity contribution in [2.24, 2.45) is 0 Å². The summed E-state index contributed by atoms with van der Waals surface area (Å²) in [6.45, 7) is 0.407. The molecule has 0 fully saturated rings. The Morgan fingerprint density at radius 3 is 2.07 bits per heavy atom. The van der Waals surface area contributed by atoms with Gasteiger partial charge in [0.1, 0.15) is 0 Å². The Balaban J connectivity index is 1.66. The minimum absolute atomic E-state index is 0.142. The van der Waals surface area contributed by atoms with Crippen molar-refractivity contribution >= 4 is 23.4 Å². The quantitative estimate of drug-likeness (QED) is 0.621. The first-order valence-corrected chi connectivity index (χ1v) is 9.41. The number of rotatable bonds is 7. The molecular formula is C23H21ClN2O2.